The van der Waals surface area contributed by atoms with Crippen LogP contribution in [0.25, 0.3) is 0 Å². The van der Waals surface area contributed by atoms with E-state index in [4.69, 9.17) is 34.8 Å². The van der Waals surface area contributed by atoms with Crippen LogP contribution in [0.4, 0.5) is 5.69 Å². The number of aromatic hydroxyl groups is 1. The van der Waals surface area contributed by atoms with E-state index in [0.717, 1.165) is 6.08 Å². The van der Waals surface area contributed by atoms with Crippen molar-refractivity contribution in [3.8, 4) is 5.75 Å². The van der Waals surface area contributed by atoms with Crippen molar-refractivity contribution in [2.45, 2.75) is 3.79 Å². The van der Waals surface area contributed by atoms with Gasteiger partial charge in [-0.25, -0.2) is 0 Å². The summed E-state index contributed by atoms with van der Waals surface area (Å²) in [5, 5.41) is 12.1. The largest absolute Gasteiger partial charge is 0.506 e. The highest BCUT2D eigenvalue weighted by Crippen LogP contribution is 2.27. The summed E-state index contributed by atoms with van der Waals surface area (Å²) in [5.74, 6) is -0.603. The molecular weight excluding hydrogens is 272 g/mol. The fourth-order valence-electron chi connectivity index (χ4n) is 0.897. The number of halogens is 3. The monoisotopic (exact) mass is 279 g/mol. The van der Waals surface area contributed by atoms with Gasteiger partial charge in [-0.05, 0) is 12.1 Å². The number of ketones is 1. The molecule has 0 saturated heterocycles. The molecule has 0 radical (unpaired) electrons. The van der Waals surface area contributed by atoms with E-state index in [1.165, 1.54) is 12.3 Å². The Hall–Kier alpha value is -0.900. The number of carbonyl (C=O) groups is 1. The standard InChI is InChI=1S/C10H8Cl3NO2/c11-10(12,13)9(16)5-6-14-7-3-1-2-4-8(7)15/h1-6,14-15H/b6-5-. The van der Waals surface area contributed by atoms with Crippen LogP contribution in [-0.2, 0) is 4.79 Å². The van der Waals surface area contributed by atoms with Gasteiger partial charge in [0.25, 0.3) is 3.79 Å². The number of hydrogen-bond donors (Lipinski definition) is 2. The molecule has 0 aliphatic carbocycles. The zero-order valence-electron chi connectivity index (χ0n) is 7.95. The van der Waals surface area contributed by atoms with Gasteiger partial charge in [-0.1, -0.05) is 46.9 Å². The average Bonchev–Trinajstić information content (AvgIpc) is 2.19. The molecule has 0 bridgehead atoms. The highest BCUT2D eigenvalue weighted by atomic mass is 35.6. The molecule has 0 spiro atoms. The van der Waals surface area contributed by atoms with Crippen molar-refractivity contribution in [1.29, 1.82) is 0 Å². The molecule has 86 valence electrons. The van der Waals surface area contributed by atoms with Crippen molar-refractivity contribution in [1.82, 2.24) is 0 Å². The van der Waals surface area contributed by atoms with E-state index in [-0.39, 0.29) is 5.75 Å². The minimum Gasteiger partial charge on any atom is -0.506 e. The number of phenolic OH excluding ortho intramolecular Hbond substituents is 1. The summed E-state index contributed by atoms with van der Waals surface area (Å²) in [5.41, 5.74) is 0.455. The first-order valence-electron chi connectivity index (χ1n) is 4.23. The van der Waals surface area contributed by atoms with Crippen LogP contribution in [0.5, 0.6) is 5.75 Å². The summed E-state index contributed by atoms with van der Waals surface area (Å²) in [6.45, 7) is 0. The number of alkyl halides is 3. The SMILES string of the molecule is O=C(/C=C\Nc1ccccc1O)C(Cl)(Cl)Cl. The zero-order chi connectivity index (χ0) is 12.2. The normalized spacial score (nSPS) is 11.7. The molecule has 16 heavy (non-hydrogen) atoms. The number of rotatable bonds is 3. The highest BCUT2D eigenvalue weighted by Gasteiger charge is 2.27. The van der Waals surface area contributed by atoms with Crippen LogP contribution in [0.2, 0.25) is 0 Å². The van der Waals surface area contributed by atoms with Crippen LogP contribution in [-0.4, -0.2) is 14.7 Å². The lowest BCUT2D eigenvalue weighted by molar-refractivity contribution is -0.113. The van der Waals surface area contributed by atoms with E-state index in [2.05, 4.69) is 5.32 Å². The topological polar surface area (TPSA) is 49.3 Å². The Labute approximate surface area is 108 Å². The van der Waals surface area contributed by atoms with E-state index >= 15 is 0 Å². The molecule has 2 N–H and O–H groups in total. The Bertz CT molecular complexity index is 413. The Morgan fingerprint density at radius 3 is 2.50 bits per heavy atom. The molecule has 6 heteroatoms. The molecule has 0 aliphatic heterocycles. The van der Waals surface area contributed by atoms with Gasteiger partial charge in [0, 0.05) is 12.3 Å². The summed E-state index contributed by atoms with van der Waals surface area (Å²) < 4.78 is -1.96. The minimum atomic E-state index is -1.96. The summed E-state index contributed by atoms with van der Waals surface area (Å²) in [6, 6.07) is 6.55. The van der Waals surface area contributed by atoms with Crippen molar-refractivity contribution >= 4 is 46.3 Å². The predicted octanol–water partition coefficient (Wildman–Crippen LogP) is 3.26. The van der Waals surface area contributed by atoms with Crippen LogP contribution in [0.15, 0.2) is 36.5 Å². The lowest BCUT2D eigenvalue weighted by Gasteiger charge is -2.05. The quantitative estimate of drug-likeness (QED) is 0.507. The third-order valence-corrected chi connectivity index (χ3v) is 2.22. The maximum absolute atomic E-state index is 11.2. The maximum atomic E-state index is 11.2. The number of benzene rings is 1. The number of carbonyl (C=O) groups excluding carboxylic acids is 1. The summed E-state index contributed by atoms with van der Waals surface area (Å²) in [6.07, 6.45) is 2.37. The van der Waals surface area contributed by atoms with Gasteiger partial charge in [-0.2, -0.15) is 0 Å². The number of anilines is 1. The molecule has 1 aromatic carbocycles. The van der Waals surface area contributed by atoms with E-state index in [1.807, 2.05) is 0 Å². The van der Waals surface area contributed by atoms with Crippen molar-refractivity contribution in [3.05, 3.63) is 36.5 Å². The Morgan fingerprint density at radius 1 is 1.31 bits per heavy atom. The second kappa shape index (κ2) is 5.43. The molecule has 0 atom stereocenters. The summed E-state index contributed by atoms with van der Waals surface area (Å²) in [4.78, 5) is 11.2. The molecule has 0 amide bonds. The average molecular weight is 281 g/mol. The van der Waals surface area contributed by atoms with Crippen molar-refractivity contribution in [3.63, 3.8) is 0 Å². The molecule has 0 aliphatic rings. The fraction of sp³-hybridized carbons (Fsp3) is 0.100. The molecule has 1 rings (SSSR count). The second-order valence-corrected chi connectivity index (χ2v) is 5.14. The van der Waals surface area contributed by atoms with E-state index in [9.17, 15) is 9.90 Å². The smallest absolute Gasteiger partial charge is 0.252 e. The van der Waals surface area contributed by atoms with Gasteiger partial charge in [0.2, 0.25) is 5.78 Å². The maximum Gasteiger partial charge on any atom is 0.252 e. The highest BCUT2D eigenvalue weighted by molar-refractivity contribution is 6.77. The number of hydrogen-bond acceptors (Lipinski definition) is 3. The summed E-state index contributed by atoms with van der Waals surface area (Å²) >= 11 is 16.0. The van der Waals surface area contributed by atoms with Gasteiger partial charge in [0.15, 0.2) is 0 Å². The third-order valence-electron chi connectivity index (χ3n) is 1.66. The minimum absolute atomic E-state index is 0.0634. The molecule has 0 fully saturated rings. The molecule has 3 nitrogen and oxygen atoms in total. The number of nitrogens with one attached hydrogen (secondary N) is 1. The van der Waals surface area contributed by atoms with E-state index < -0.39 is 9.58 Å². The molecule has 0 saturated carbocycles. The fourth-order valence-corrected chi connectivity index (χ4v) is 1.09. The van der Waals surface area contributed by atoms with Crippen LogP contribution in [0.1, 0.15) is 0 Å². The van der Waals surface area contributed by atoms with Gasteiger partial charge < -0.3 is 10.4 Å². The molecule has 0 heterocycles. The number of phenols is 1. The molecule has 1 aromatic rings. The molecule has 0 unspecified atom stereocenters. The Morgan fingerprint density at radius 2 is 1.94 bits per heavy atom. The van der Waals surface area contributed by atoms with Crippen molar-refractivity contribution in [2.24, 2.45) is 0 Å². The molecule has 0 aromatic heterocycles. The van der Waals surface area contributed by atoms with Crippen molar-refractivity contribution < 1.29 is 9.90 Å². The molecular formula is C10H8Cl3NO2. The van der Waals surface area contributed by atoms with E-state index in [0.29, 0.717) is 5.69 Å². The van der Waals surface area contributed by atoms with Gasteiger partial charge in [-0.15, -0.1) is 0 Å². The predicted molar refractivity (Wildman–Crippen MR) is 66.2 cm³/mol. The van der Waals surface area contributed by atoms with Crippen LogP contribution >= 0.6 is 34.8 Å². The van der Waals surface area contributed by atoms with Gasteiger partial charge >= 0.3 is 0 Å². The first-order valence-corrected chi connectivity index (χ1v) is 5.37. The van der Waals surface area contributed by atoms with E-state index in [1.54, 1.807) is 18.2 Å². The summed E-state index contributed by atoms with van der Waals surface area (Å²) in [7, 11) is 0. The first kappa shape index (κ1) is 13.2. The third kappa shape index (κ3) is 3.93. The van der Waals surface area contributed by atoms with Crippen LogP contribution in [0.3, 0.4) is 0 Å². The van der Waals surface area contributed by atoms with Gasteiger partial charge in [-0.3, -0.25) is 4.79 Å². The van der Waals surface area contributed by atoms with Crippen LogP contribution < -0.4 is 5.32 Å². The van der Waals surface area contributed by atoms with Crippen LogP contribution in [0, 0.1) is 0 Å². The second-order valence-electron chi connectivity index (χ2n) is 2.86. The van der Waals surface area contributed by atoms with Gasteiger partial charge in [0.05, 0.1) is 5.69 Å². The zero-order valence-corrected chi connectivity index (χ0v) is 10.2. The van der Waals surface area contributed by atoms with Gasteiger partial charge in [0.1, 0.15) is 5.75 Å². The number of para-hydroxylation sites is 2. The Kier molecular flexibility index (Phi) is 4.47. The number of allylic oxidation sites excluding steroid dienone is 1. The Balaban J connectivity index is 2.62. The van der Waals surface area contributed by atoms with Crippen molar-refractivity contribution in [2.75, 3.05) is 5.32 Å². The first-order chi connectivity index (χ1) is 7.41. The lowest BCUT2D eigenvalue weighted by atomic mass is 10.3. The lowest BCUT2D eigenvalue weighted by Crippen LogP contribution is -2.15.